The van der Waals surface area contributed by atoms with Crippen LogP contribution in [0.25, 0.3) is 0 Å². The van der Waals surface area contributed by atoms with Crippen LogP contribution < -0.4 is 10.1 Å². The second-order valence-corrected chi connectivity index (χ2v) is 11.8. The highest BCUT2D eigenvalue weighted by Gasteiger charge is 2.40. The Morgan fingerprint density at radius 2 is 1.92 bits per heavy atom. The number of allylic oxidation sites excluding steroid dienone is 1. The van der Waals surface area contributed by atoms with Gasteiger partial charge in [-0.3, -0.25) is 14.6 Å². The molecule has 1 amide bonds. The van der Waals surface area contributed by atoms with Crippen molar-refractivity contribution in [3.05, 3.63) is 66.3 Å². The van der Waals surface area contributed by atoms with Gasteiger partial charge in [0.2, 0.25) is 5.91 Å². The Balaban J connectivity index is 1.38. The number of fused-ring (bicyclic) bond motifs is 2. The van der Waals surface area contributed by atoms with Crippen molar-refractivity contribution in [1.82, 2.24) is 15.1 Å². The predicted molar refractivity (Wildman–Crippen MR) is 155 cm³/mol. The molecule has 206 valence electrons. The summed E-state index contributed by atoms with van der Waals surface area (Å²) in [5, 5.41) is 3.38. The van der Waals surface area contributed by atoms with Crippen molar-refractivity contribution in [2.75, 3.05) is 26.7 Å². The minimum atomic E-state index is -0.0697. The molecule has 38 heavy (non-hydrogen) atoms. The van der Waals surface area contributed by atoms with E-state index in [1.807, 2.05) is 12.1 Å². The zero-order valence-corrected chi connectivity index (χ0v) is 23.3. The third-order valence-corrected chi connectivity index (χ3v) is 9.24. The Morgan fingerprint density at radius 1 is 1.11 bits per heavy atom. The number of hydrogen-bond donors (Lipinski definition) is 1. The fourth-order valence-corrected chi connectivity index (χ4v) is 7.27. The minimum absolute atomic E-state index is 0.0697. The molecule has 2 bridgehead atoms. The van der Waals surface area contributed by atoms with Gasteiger partial charge in [-0.25, -0.2) is 0 Å². The molecule has 2 saturated heterocycles. The summed E-state index contributed by atoms with van der Waals surface area (Å²) in [5.74, 6) is 1.04. The summed E-state index contributed by atoms with van der Waals surface area (Å²) in [7, 11) is 1.75. The molecule has 2 aliphatic heterocycles. The second kappa shape index (κ2) is 13.1. The molecule has 4 unspecified atom stereocenters. The van der Waals surface area contributed by atoms with Crippen molar-refractivity contribution in [1.29, 1.82) is 0 Å². The lowest BCUT2D eigenvalue weighted by Crippen LogP contribution is -2.50. The summed E-state index contributed by atoms with van der Waals surface area (Å²) in [5.41, 5.74) is 2.61. The van der Waals surface area contributed by atoms with Crippen molar-refractivity contribution < 1.29 is 9.53 Å². The minimum Gasteiger partial charge on any atom is -0.497 e. The lowest BCUT2D eigenvalue weighted by molar-refractivity contribution is -0.124. The van der Waals surface area contributed by atoms with Crippen LogP contribution in [0.1, 0.15) is 82.2 Å². The highest BCUT2D eigenvalue weighted by molar-refractivity contribution is 5.81. The van der Waals surface area contributed by atoms with Crippen LogP contribution in [-0.2, 0) is 4.79 Å². The molecule has 1 N–H and O–H groups in total. The van der Waals surface area contributed by atoms with Crippen molar-refractivity contribution in [2.45, 2.75) is 94.8 Å². The number of piperidine rings is 1. The van der Waals surface area contributed by atoms with Gasteiger partial charge in [0, 0.05) is 37.8 Å². The van der Waals surface area contributed by atoms with Gasteiger partial charge in [0.1, 0.15) is 5.75 Å². The van der Waals surface area contributed by atoms with Crippen LogP contribution in [0, 0.1) is 5.92 Å². The maximum atomic E-state index is 13.2. The van der Waals surface area contributed by atoms with Gasteiger partial charge in [-0.1, -0.05) is 68.5 Å². The van der Waals surface area contributed by atoms with Crippen molar-refractivity contribution in [3.63, 3.8) is 0 Å². The molecule has 1 saturated carbocycles. The number of ether oxygens (including phenoxy) is 1. The van der Waals surface area contributed by atoms with Crippen LogP contribution in [0.4, 0.5) is 0 Å². The summed E-state index contributed by atoms with van der Waals surface area (Å²) in [6.07, 6.45) is 21.9. The van der Waals surface area contributed by atoms with Gasteiger partial charge in [-0.2, -0.15) is 0 Å². The lowest BCUT2D eigenvalue weighted by Gasteiger charge is -2.46. The van der Waals surface area contributed by atoms with Crippen LogP contribution in [0.3, 0.4) is 0 Å². The van der Waals surface area contributed by atoms with Crippen molar-refractivity contribution in [3.8, 4) is 5.75 Å². The Labute approximate surface area is 230 Å². The van der Waals surface area contributed by atoms with Crippen LogP contribution in [0.5, 0.6) is 5.75 Å². The smallest absolute Gasteiger partial charge is 0.227 e. The van der Waals surface area contributed by atoms with Gasteiger partial charge in [0.05, 0.1) is 19.1 Å². The van der Waals surface area contributed by atoms with Crippen molar-refractivity contribution in [2.24, 2.45) is 5.92 Å². The zero-order valence-electron chi connectivity index (χ0n) is 23.3. The van der Waals surface area contributed by atoms with Crippen molar-refractivity contribution >= 4 is 5.91 Å². The monoisotopic (exact) mass is 517 g/mol. The first-order valence-corrected chi connectivity index (χ1v) is 15.1. The predicted octanol–water partition coefficient (Wildman–Crippen LogP) is 6.19. The van der Waals surface area contributed by atoms with E-state index in [0.29, 0.717) is 18.1 Å². The second-order valence-electron chi connectivity index (χ2n) is 11.8. The van der Waals surface area contributed by atoms with E-state index >= 15 is 0 Å². The van der Waals surface area contributed by atoms with E-state index in [0.717, 1.165) is 44.6 Å². The average Bonchev–Trinajstić information content (AvgIpc) is 3.25. The third kappa shape index (κ3) is 6.43. The van der Waals surface area contributed by atoms with Crippen LogP contribution in [0.2, 0.25) is 0 Å². The quantitative estimate of drug-likeness (QED) is 0.330. The summed E-state index contributed by atoms with van der Waals surface area (Å²) < 4.78 is 5.65. The molecule has 0 radical (unpaired) electrons. The van der Waals surface area contributed by atoms with Gasteiger partial charge in [0.15, 0.2) is 0 Å². The van der Waals surface area contributed by atoms with Gasteiger partial charge in [0.25, 0.3) is 0 Å². The van der Waals surface area contributed by atoms with Crippen LogP contribution in [-0.4, -0.2) is 60.6 Å². The van der Waals surface area contributed by atoms with Crippen LogP contribution >= 0.6 is 0 Å². The van der Waals surface area contributed by atoms with Crippen LogP contribution in [0.15, 0.2) is 60.7 Å². The third-order valence-electron chi connectivity index (χ3n) is 9.24. The van der Waals surface area contributed by atoms with Gasteiger partial charge in [-0.15, -0.1) is 6.58 Å². The molecule has 0 spiro atoms. The Bertz CT molecular complexity index is 1010. The standard InChI is InChI=1S/C33H47N3O2/c1-3-21-35-22-20-29-13-9-14-30(24-35)36(29)32(27-10-8-15-31(23-27)38-2)25-16-18-26(19-17-25)33(37)34-28-11-6-4-5-7-12-28/h3,8,10,15-18,23,26,28-30,32H,1,4-7,9,11-14,19-22,24H2,2H3,(H,34,37). The summed E-state index contributed by atoms with van der Waals surface area (Å²) >= 11 is 0. The van der Waals surface area contributed by atoms with E-state index in [2.05, 4.69) is 58.1 Å². The fraction of sp³-hybridized carbons (Fsp3) is 0.606. The number of hydrogen-bond acceptors (Lipinski definition) is 4. The average molecular weight is 518 g/mol. The lowest BCUT2D eigenvalue weighted by atomic mass is 9.84. The zero-order chi connectivity index (χ0) is 26.3. The number of amides is 1. The number of nitrogens with one attached hydrogen (secondary N) is 1. The number of rotatable bonds is 8. The van der Waals surface area contributed by atoms with E-state index in [-0.39, 0.29) is 17.9 Å². The topological polar surface area (TPSA) is 44.8 Å². The number of benzene rings is 1. The number of carbonyl (C=O) groups is 1. The normalized spacial score (nSPS) is 28.0. The number of nitrogens with zero attached hydrogens (tertiary/aromatic N) is 2. The molecular formula is C33H47N3O2. The fourth-order valence-electron chi connectivity index (χ4n) is 7.27. The first-order chi connectivity index (χ1) is 18.7. The number of methoxy groups -OCH3 is 1. The van der Waals surface area contributed by atoms with Gasteiger partial charge < -0.3 is 10.1 Å². The molecular weight excluding hydrogens is 470 g/mol. The van der Waals surface area contributed by atoms with Gasteiger partial charge in [-0.05, 0) is 61.8 Å². The summed E-state index contributed by atoms with van der Waals surface area (Å²) in [4.78, 5) is 18.6. The van der Waals surface area contributed by atoms with E-state index in [4.69, 9.17) is 4.74 Å². The highest BCUT2D eigenvalue weighted by Crippen LogP contribution is 2.42. The molecule has 2 heterocycles. The summed E-state index contributed by atoms with van der Waals surface area (Å²) in [6, 6.07) is 10.2. The van der Waals surface area contributed by atoms with E-state index < -0.39 is 0 Å². The van der Waals surface area contributed by atoms with E-state index in [1.54, 1.807) is 7.11 Å². The maximum absolute atomic E-state index is 13.2. The number of carbonyl (C=O) groups excluding carboxylic acids is 1. The van der Waals surface area contributed by atoms with E-state index in [1.165, 1.54) is 62.5 Å². The molecule has 4 atom stereocenters. The first-order valence-electron chi connectivity index (χ1n) is 15.1. The molecule has 2 aliphatic carbocycles. The first kappa shape index (κ1) is 27.2. The molecule has 1 aromatic carbocycles. The van der Waals surface area contributed by atoms with Gasteiger partial charge >= 0.3 is 0 Å². The molecule has 5 nitrogen and oxygen atoms in total. The maximum Gasteiger partial charge on any atom is 0.227 e. The summed E-state index contributed by atoms with van der Waals surface area (Å²) in [6.45, 7) is 7.19. The Hall–Kier alpha value is -2.37. The molecule has 3 fully saturated rings. The molecule has 1 aromatic rings. The molecule has 4 aliphatic rings. The Morgan fingerprint density at radius 3 is 2.66 bits per heavy atom. The SMILES string of the molecule is C=CCN1CCC2CCCC(C1)N2C(C1=CCC(C(=O)NC2CCCCCC2)C=C1)c1cccc(OC)c1. The molecule has 5 rings (SSSR count). The highest BCUT2D eigenvalue weighted by atomic mass is 16.5. The molecule has 5 heteroatoms. The molecule has 0 aromatic heterocycles. The Kier molecular flexibility index (Phi) is 9.40. The van der Waals surface area contributed by atoms with E-state index in [9.17, 15) is 4.79 Å². The largest absolute Gasteiger partial charge is 0.497 e.